The number of hydrogen-bond donors (Lipinski definition) is 2. The summed E-state index contributed by atoms with van der Waals surface area (Å²) in [5.41, 5.74) is 4.86. The Kier molecular flexibility index (Phi) is 5.75. The first-order valence-electron chi connectivity index (χ1n) is 9.18. The smallest absolute Gasteiger partial charge is 0.271 e. The van der Waals surface area contributed by atoms with Crippen molar-refractivity contribution in [2.75, 3.05) is 0 Å². The molecule has 2 aromatic rings. The van der Waals surface area contributed by atoms with Crippen molar-refractivity contribution < 1.29 is 14.8 Å². The molecule has 29 heavy (non-hydrogen) atoms. The van der Waals surface area contributed by atoms with Crippen LogP contribution >= 0.6 is 15.9 Å². The molecule has 0 radical (unpaired) electrons. The van der Waals surface area contributed by atoms with Crippen molar-refractivity contribution in [3.8, 4) is 5.75 Å². The van der Waals surface area contributed by atoms with E-state index in [1.54, 1.807) is 0 Å². The SMILES string of the molecule is CC(C)(C)c1ccc([C@H]2C[C@@H]2C(=O)N/N=C/c2cc([N+](=O)[O-])cc(Br)c2O)cc1. The lowest BCUT2D eigenvalue weighted by atomic mass is 9.86. The first-order valence-corrected chi connectivity index (χ1v) is 9.97. The summed E-state index contributed by atoms with van der Waals surface area (Å²) >= 11 is 3.07. The topological polar surface area (TPSA) is 105 Å². The first kappa shape index (κ1) is 21.0. The normalized spacial score (nSPS) is 18.6. The summed E-state index contributed by atoms with van der Waals surface area (Å²) in [5, 5.41) is 24.8. The maximum Gasteiger partial charge on any atom is 0.271 e. The molecule has 152 valence electrons. The number of nitro benzene ring substituents is 1. The molecule has 0 saturated heterocycles. The van der Waals surface area contributed by atoms with Gasteiger partial charge >= 0.3 is 0 Å². The molecule has 8 heteroatoms. The third-order valence-corrected chi connectivity index (χ3v) is 5.60. The summed E-state index contributed by atoms with van der Waals surface area (Å²) < 4.78 is 0.181. The van der Waals surface area contributed by atoms with Gasteiger partial charge in [-0.2, -0.15) is 5.10 Å². The second-order valence-electron chi connectivity index (χ2n) is 8.18. The van der Waals surface area contributed by atoms with Gasteiger partial charge in [-0.15, -0.1) is 0 Å². The number of amides is 1. The lowest BCUT2D eigenvalue weighted by Crippen LogP contribution is -2.20. The van der Waals surface area contributed by atoms with Crippen molar-refractivity contribution in [1.29, 1.82) is 0 Å². The van der Waals surface area contributed by atoms with Gasteiger partial charge < -0.3 is 5.11 Å². The molecule has 2 aromatic carbocycles. The van der Waals surface area contributed by atoms with E-state index in [-0.39, 0.29) is 44.6 Å². The lowest BCUT2D eigenvalue weighted by molar-refractivity contribution is -0.385. The Hall–Kier alpha value is -2.74. The maximum absolute atomic E-state index is 12.3. The van der Waals surface area contributed by atoms with Crippen LogP contribution in [0.3, 0.4) is 0 Å². The number of nitrogens with zero attached hydrogens (tertiary/aromatic N) is 2. The fourth-order valence-corrected chi connectivity index (χ4v) is 3.60. The molecule has 7 nitrogen and oxygen atoms in total. The average molecular weight is 460 g/mol. The van der Waals surface area contributed by atoms with Crippen LogP contribution in [-0.4, -0.2) is 22.2 Å². The first-order chi connectivity index (χ1) is 13.6. The van der Waals surface area contributed by atoms with Crippen molar-refractivity contribution in [3.63, 3.8) is 0 Å². The molecule has 1 aliphatic carbocycles. The third kappa shape index (κ3) is 4.82. The van der Waals surface area contributed by atoms with Crippen LogP contribution in [0.2, 0.25) is 0 Å². The summed E-state index contributed by atoms with van der Waals surface area (Å²) in [7, 11) is 0. The number of halogens is 1. The van der Waals surface area contributed by atoms with Gasteiger partial charge in [-0.05, 0) is 44.8 Å². The number of phenols is 1. The van der Waals surface area contributed by atoms with Gasteiger partial charge in [0.2, 0.25) is 5.91 Å². The summed E-state index contributed by atoms with van der Waals surface area (Å²) in [4.78, 5) is 22.7. The molecular weight excluding hydrogens is 438 g/mol. The largest absolute Gasteiger partial charge is 0.506 e. The molecule has 0 aromatic heterocycles. The Morgan fingerprint density at radius 3 is 2.55 bits per heavy atom. The van der Waals surface area contributed by atoms with Crippen LogP contribution in [0.4, 0.5) is 5.69 Å². The quantitative estimate of drug-likeness (QED) is 0.386. The molecule has 0 spiro atoms. The van der Waals surface area contributed by atoms with E-state index in [4.69, 9.17) is 0 Å². The number of hydrazone groups is 1. The maximum atomic E-state index is 12.3. The highest BCUT2D eigenvalue weighted by Gasteiger charge is 2.44. The predicted octanol–water partition coefficient (Wildman–Crippen LogP) is 4.61. The molecule has 3 rings (SSSR count). The number of carbonyl (C=O) groups excluding carboxylic acids is 1. The number of phenolic OH excluding ortho intramolecular Hbond substituents is 1. The van der Waals surface area contributed by atoms with Gasteiger partial charge in [-0.25, -0.2) is 5.43 Å². The molecular formula is C21H22BrN3O4. The molecule has 1 fully saturated rings. The Balaban J connectivity index is 1.62. The van der Waals surface area contributed by atoms with Gasteiger partial charge in [0.05, 0.1) is 15.6 Å². The van der Waals surface area contributed by atoms with E-state index in [1.807, 2.05) is 0 Å². The van der Waals surface area contributed by atoms with Crippen LogP contribution in [0, 0.1) is 16.0 Å². The molecule has 1 aliphatic rings. The second kappa shape index (κ2) is 7.94. The lowest BCUT2D eigenvalue weighted by Gasteiger charge is -2.19. The summed E-state index contributed by atoms with van der Waals surface area (Å²) in [6, 6.07) is 10.7. The average Bonchev–Trinajstić information content (AvgIpc) is 3.45. The van der Waals surface area contributed by atoms with Crippen molar-refractivity contribution in [3.05, 3.63) is 67.7 Å². The molecule has 0 heterocycles. The highest BCUT2D eigenvalue weighted by atomic mass is 79.9. The van der Waals surface area contributed by atoms with Crippen LogP contribution in [0.5, 0.6) is 5.75 Å². The number of nitrogens with one attached hydrogen (secondary N) is 1. The van der Waals surface area contributed by atoms with Gasteiger partial charge in [0.1, 0.15) is 5.75 Å². The fraction of sp³-hybridized carbons (Fsp3) is 0.333. The molecule has 1 amide bonds. The zero-order valence-corrected chi connectivity index (χ0v) is 17.9. The minimum absolute atomic E-state index is 0.0840. The minimum atomic E-state index is -0.570. The second-order valence-corrected chi connectivity index (χ2v) is 9.03. The van der Waals surface area contributed by atoms with E-state index in [1.165, 1.54) is 23.9 Å². The highest BCUT2D eigenvalue weighted by molar-refractivity contribution is 9.10. The number of rotatable bonds is 5. The Labute approximate surface area is 177 Å². The van der Waals surface area contributed by atoms with Gasteiger partial charge in [-0.1, -0.05) is 45.0 Å². The van der Waals surface area contributed by atoms with Gasteiger partial charge in [0, 0.05) is 23.6 Å². The number of nitro groups is 1. The van der Waals surface area contributed by atoms with Crippen LogP contribution in [0.15, 0.2) is 46.0 Å². The zero-order chi connectivity index (χ0) is 21.3. The van der Waals surface area contributed by atoms with E-state index in [0.717, 1.165) is 12.0 Å². The van der Waals surface area contributed by atoms with Crippen LogP contribution in [0.25, 0.3) is 0 Å². The molecule has 2 N–H and O–H groups in total. The van der Waals surface area contributed by atoms with Gasteiger partial charge in [-0.3, -0.25) is 14.9 Å². The standard InChI is InChI=1S/C21H22BrN3O4/c1-21(2,3)14-6-4-12(5-7-14)16-10-17(16)20(27)24-23-11-13-8-15(25(28)29)9-18(22)19(13)26/h4-9,11,16-17,26H,10H2,1-3H3,(H,24,27)/b23-11+/t16-,17+/m1/s1. The van der Waals surface area contributed by atoms with Gasteiger partial charge in [0.25, 0.3) is 5.69 Å². The predicted molar refractivity (Wildman–Crippen MR) is 114 cm³/mol. The van der Waals surface area contributed by atoms with Crippen molar-refractivity contribution in [1.82, 2.24) is 5.43 Å². The van der Waals surface area contributed by atoms with Crippen LogP contribution < -0.4 is 5.43 Å². The number of non-ortho nitro benzene ring substituents is 1. The minimum Gasteiger partial charge on any atom is -0.506 e. The Morgan fingerprint density at radius 1 is 1.31 bits per heavy atom. The Morgan fingerprint density at radius 2 is 1.97 bits per heavy atom. The third-order valence-electron chi connectivity index (χ3n) is 5.00. The number of hydrogen-bond acceptors (Lipinski definition) is 5. The van der Waals surface area contributed by atoms with Crippen LogP contribution in [-0.2, 0) is 10.2 Å². The van der Waals surface area contributed by atoms with Gasteiger partial charge in [0.15, 0.2) is 0 Å². The van der Waals surface area contributed by atoms with E-state index >= 15 is 0 Å². The van der Waals surface area contributed by atoms with E-state index in [9.17, 15) is 20.0 Å². The van der Waals surface area contributed by atoms with Crippen LogP contribution in [0.1, 0.15) is 49.8 Å². The van der Waals surface area contributed by atoms with Crippen molar-refractivity contribution in [2.24, 2.45) is 11.0 Å². The fourth-order valence-electron chi connectivity index (χ4n) is 3.14. The van der Waals surface area contributed by atoms with E-state index < -0.39 is 4.92 Å². The van der Waals surface area contributed by atoms with E-state index in [0.29, 0.717) is 0 Å². The number of aromatic hydroxyl groups is 1. The Bertz CT molecular complexity index is 981. The summed E-state index contributed by atoms with van der Waals surface area (Å²) in [6.07, 6.45) is 1.95. The molecule has 0 unspecified atom stereocenters. The van der Waals surface area contributed by atoms with Crippen molar-refractivity contribution >= 4 is 33.7 Å². The summed E-state index contributed by atoms with van der Waals surface area (Å²) in [6.45, 7) is 6.47. The highest BCUT2D eigenvalue weighted by Crippen LogP contribution is 2.47. The molecule has 1 saturated carbocycles. The molecule has 2 atom stereocenters. The molecule has 0 aliphatic heterocycles. The number of benzene rings is 2. The molecule has 0 bridgehead atoms. The monoisotopic (exact) mass is 459 g/mol. The number of carbonyl (C=O) groups is 1. The summed E-state index contributed by atoms with van der Waals surface area (Å²) in [5.74, 6) is -0.385. The van der Waals surface area contributed by atoms with E-state index in [2.05, 4.69) is 71.5 Å². The van der Waals surface area contributed by atoms with Crippen molar-refractivity contribution in [2.45, 2.75) is 38.5 Å². The zero-order valence-electron chi connectivity index (χ0n) is 16.3.